The van der Waals surface area contributed by atoms with Crippen molar-refractivity contribution in [2.24, 2.45) is 11.7 Å². The fraction of sp³-hybridized carbons (Fsp3) is 0.438. The quantitative estimate of drug-likeness (QED) is 0.345. The number of imidazole rings is 1. The first kappa shape index (κ1) is 28.4. The highest BCUT2D eigenvalue weighted by atomic mass is 19.1. The van der Waals surface area contributed by atoms with Gasteiger partial charge in [-0.25, -0.2) is 18.3 Å². The van der Waals surface area contributed by atoms with Crippen molar-refractivity contribution in [2.75, 3.05) is 7.05 Å². The molecule has 2 aliphatic carbocycles. The minimum absolute atomic E-state index is 0.00906. The highest BCUT2D eigenvalue weighted by molar-refractivity contribution is 5.73. The van der Waals surface area contributed by atoms with Gasteiger partial charge in [0.15, 0.2) is 0 Å². The van der Waals surface area contributed by atoms with Gasteiger partial charge in [0, 0.05) is 44.9 Å². The normalized spacial score (nSPS) is 23.5. The van der Waals surface area contributed by atoms with Crippen molar-refractivity contribution in [1.29, 1.82) is 0 Å². The predicted octanol–water partition coefficient (Wildman–Crippen LogP) is 4.72. The van der Waals surface area contributed by atoms with Gasteiger partial charge in [0.1, 0.15) is 17.5 Å². The SMILES string of the molecule is CC(=O)N(C)[C@@H]1[C@H](N)C[C@H](c2ccncc2Cc2ncc3ccc(-c4c(F)cc(C5(O)CCC5)cc4F)nn23)C[C@@H]1C. The zero-order valence-corrected chi connectivity index (χ0v) is 24.1. The molecule has 1 amide bonds. The maximum atomic E-state index is 15.2. The Labute approximate surface area is 243 Å². The zero-order chi connectivity index (χ0) is 29.8. The van der Waals surface area contributed by atoms with Gasteiger partial charge in [-0.2, -0.15) is 5.10 Å². The highest BCUT2D eigenvalue weighted by Crippen LogP contribution is 2.43. The van der Waals surface area contributed by atoms with E-state index in [0.717, 1.165) is 30.4 Å². The molecule has 220 valence electrons. The van der Waals surface area contributed by atoms with Crippen molar-refractivity contribution in [3.05, 3.63) is 83.1 Å². The molecule has 2 fully saturated rings. The van der Waals surface area contributed by atoms with Gasteiger partial charge < -0.3 is 15.7 Å². The Morgan fingerprint density at radius 3 is 2.55 bits per heavy atom. The number of hydrogen-bond acceptors (Lipinski definition) is 6. The van der Waals surface area contributed by atoms with E-state index in [1.54, 1.807) is 40.9 Å². The lowest BCUT2D eigenvalue weighted by Gasteiger charge is -2.43. The molecule has 6 rings (SSSR count). The number of pyridine rings is 1. The van der Waals surface area contributed by atoms with Gasteiger partial charge in [0.2, 0.25) is 5.91 Å². The molecule has 0 radical (unpaired) electrons. The van der Waals surface area contributed by atoms with Gasteiger partial charge in [-0.05, 0) is 91.0 Å². The van der Waals surface area contributed by atoms with Gasteiger partial charge in [-0.1, -0.05) is 6.92 Å². The van der Waals surface area contributed by atoms with E-state index in [-0.39, 0.29) is 46.6 Å². The van der Waals surface area contributed by atoms with Crippen LogP contribution in [0.5, 0.6) is 0 Å². The Morgan fingerprint density at radius 1 is 1.17 bits per heavy atom. The molecular weight excluding hydrogens is 538 g/mol. The molecule has 3 aromatic heterocycles. The smallest absolute Gasteiger partial charge is 0.219 e. The summed E-state index contributed by atoms with van der Waals surface area (Å²) in [5.41, 5.74) is 8.44. The molecule has 1 aromatic carbocycles. The second-order valence-electron chi connectivity index (χ2n) is 12.1. The average Bonchev–Trinajstić information content (AvgIpc) is 3.33. The number of hydrogen-bond donors (Lipinski definition) is 2. The number of fused-ring (bicyclic) bond motifs is 1. The maximum Gasteiger partial charge on any atom is 0.219 e. The Morgan fingerprint density at radius 2 is 1.90 bits per heavy atom. The molecule has 0 unspecified atom stereocenters. The average molecular weight is 575 g/mol. The molecule has 0 saturated heterocycles. The second kappa shape index (κ2) is 10.8. The molecule has 4 atom stereocenters. The maximum absolute atomic E-state index is 15.2. The van der Waals surface area contributed by atoms with Crippen LogP contribution in [0, 0.1) is 17.6 Å². The number of amides is 1. The summed E-state index contributed by atoms with van der Waals surface area (Å²) in [5, 5.41) is 15.2. The van der Waals surface area contributed by atoms with Crippen molar-refractivity contribution in [2.45, 2.75) is 76.0 Å². The summed E-state index contributed by atoms with van der Waals surface area (Å²) >= 11 is 0. The Kier molecular flexibility index (Phi) is 7.31. The van der Waals surface area contributed by atoms with Crippen molar-refractivity contribution in [3.63, 3.8) is 0 Å². The summed E-state index contributed by atoms with van der Waals surface area (Å²) in [5.74, 6) is -0.493. The summed E-state index contributed by atoms with van der Waals surface area (Å²) in [6, 6.07) is 7.59. The molecule has 0 aliphatic heterocycles. The number of likely N-dealkylation sites (N-methyl/N-ethyl adjacent to an activating group) is 1. The van der Waals surface area contributed by atoms with Gasteiger partial charge in [0.25, 0.3) is 0 Å². The topological polar surface area (TPSA) is 110 Å². The van der Waals surface area contributed by atoms with Crippen molar-refractivity contribution < 1.29 is 18.7 Å². The standard InChI is InChI=1S/C32H36F2N6O2/c1-18-11-20(12-27(35)31(18)39(3)19(2)41)24-7-10-36-16-21(24)13-29-37-17-23-5-6-28(38-40(23)29)30-25(33)14-22(15-26(30)34)32(42)8-4-9-32/h5-7,10,14-18,20,27,31,42H,4,8-9,11-13,35H2,1-3H3/t18-,20+,27+,31-/m0/s1. The summed E-state index contributed by atoms with van der Waals surface area (Å²) in [7, 11) is 1.82. The number of carbonyl (C=O) groups is 1. The number of benzene rings is 1. The molecule has 10 heteroatoms. The van der Waals surface area contributed by atoms with Crippen LogP contribution in [-0.2, 0) is 16.8 Å². The molecule has 0 bridgehead atoms. The van der Waals surface area contributed by atoms with Gasteiger partial charge >= 0.3 is 0 Å². The third-order valence-corrected chi connectivity index (χ3v) is 9.38. The van der Waals surface area contributed by atoms with E-state index in [9.17, 15) is 9.90 Å². The van der Waals surface area contributed by atoms with Crippen LogP contribution in [0.15, 0.2) is 48.9 Å². The molecule has 8 nitrogen and oxygen atoms in total. The van der Waals surface area contributed by atoms with Crippen LogP contribution >= 0.6 is 0 Å². The van der Waals surface area contributed by atoms with E-state index in [0.29, 0.717) is 30.6 Å². The van der Waals surface area contributed by atoms with E-state index < -0.39 is 17.2 Å². The molecule has 42 heavy (non-hydrogen) atoms. The van der Waals surface area contributed by atoms with Crippen LogP contribution in [0.25, 0.3) is 16.8 Å². The number of aliphatic hydroxyl groups is 1. The summed E-state index contributed by atoms with van der Waals surface area (Å²) < 4.78 is 32.1. The van der Waals surface area contributed by atoms with E-state index in [2.05, 4.69) is 22.0 Å². The monoisotopic (exact) mass is 574 g/mol. The van der Waals surface area contributed by atoms with E-state index in [4.69, 9.17) is 5.73 Å². The van der Waals surface area contributed by atoms with Crippen molar-refractivity contribution >= 4 is 11.4 Å². The molecule has 3 N–H and O–H groups in total. The van der Waals surface area contributed by atoms with Crippen LogP contribution in [-0.4, -0.2) is 54.6 Å². The van der Waals surface area contributed by atoms with Gasteiger partial charge in [-0.3, -0.25) is 9.78 Å². The Balaban J connectivity index is 1.30. The predicted molar refractivity (Wildman–Crippen MR) is 154 cm³/mol. The lowest BCUT2D eigenvalue weighted by atomic mass is 9.72. The summed E-state index contributed by atoms with van der Waals surface area (Å²) in [6.07, 6.45) is 9.13. The Hall–Kier alpha value is -3.76. The third-order valence-electron chi connectivity index (χ3n) is 9.38. The first-order valence-electron chi connectivity index (χ1n) is 14.5. The zero-order valence-electron chi connectivity index (χ0n) is 24.1. The van der Waals surface area contributed by atoms with Crippen molar-refractivity contribution in [1.82, 2.24) is 24.5 Å². The number of nitrogens with two attached hydrogens (primary N) is 1. The van der Waals surface area contributed by atoms with Crippen LogP contribution < -0.4 is 5.73 Å². The van der Waals surface area contributed by atoms with E-state index in [1.807, 2.05) is 19.3 Å². The first-order chi connectivity index (χ1) is 20.1. The Bertz CT molecular complexity index is 1620. The number of carbonyl (C=O) groups excluding carboxylic acids is 1. The first-order valence-corrected chi connectivity index (χ1v) is 14.5. The van der Waals surface area contributed by atoms with Crippen LogP contribution in [0.4, 0.5) is 8.78 Å². The fourth-order valence-corrected chi connectivity index (χ4v) is 6.94. The number of rotatable bonds is 6. The fourth-order valence-electron chi connectivity index (χ4n) is 6.94. The number of aromatic nitrogens is 4. The summed E-state index contributed by atoms with van der Waals surface area (Å²) in [4.78, 5) is 22.8. The summed E-state index contributed by atoms with van der Waals surface area (Å²) in [6.45, 7) is 3.71. The number of nitrogens with zero attached hydrogens (tertiary/aromatic N) is 5. The minimum atomic E-state index is -1.17. The molecule has 0 spiro atoms. The van der Waals surface area contributed by atoms with E-state index >= 15 is 8.78 Å². The second-order valence-corrected chi connectivity index (χ2v) is 12.1. The van der Waals surface area contributed by atoms with Crippen molar-refractivity contribution in [3.8, 4) is 11.3 Å². The third kappa shape index (κ3) is 4.96. The molecule has 2 saturated carbocycles. The molecule has 2 aliphatic rings. The lowest BCUT2D eigenvalue weighted by molar-refractivity contribution is -0.131. The van der Waals surface area contributed by atoms with Crippen LogP contribution in [0.1, 0.15) is 74.4 Å². The van der Waals surface area contributed by atoms with Crippen LogP contribution in [0.3, 0.4) is 0 Å². The number of halogens is 2. The van der Waals surface area contributed by atoms with Crippen LogP contribution in [0.2, 0.25) is 0 Å². The minimum Gasteiger partial charge on any atom is -0.385 e. The van der Waals surface area contributed by atoms with Gasteiger partial charge in [0.05, 0.1) is 28.6 Å². The van der Waals surface area contributed by atoms with Gasteiger partial charge in [-0.15, -0.1) is 0 Å². The largest absolute Gasteiger partial charge is 0.385 e. The molecule has 3 heterocycles. The molecular formula is C32H36F2N6O2. The van der Waals surface area contributed by atoms with E-state index in [1.165, 1.54) is 12.1 Å². The highest BCUT2D eigenvalue weighted by Gasteiger charge is 2.39. The lowest BCUT2D eigenvalue weighted by Crippen LogP contribution is -2.54. The molecule has 4 aromatic rings.